The number of ether oxygens (including phenoxy) is 2. The predicted molar refractivity (Wildman–Crippen MR) is 82.9 cm³/mol. The third kappa shape index (κ3) is 3.84. The molecule has 0 bridgehead atoms. The number of carbonyl (C=O) groups excluding carboxylic acids is 1. The highest BCUT2D eigenvalue weighted by Gasteiger charge is 2.03. The summed E-state index contributed by atoms with van der Waals surface area (Å²) in [7, 11) is 0. The van der Waals surface area contributed by atoms with Gasteiger partial charge in [0.05, 0.1) is 11.1 Å². The van der Waals surface area contributed by atoms with E-state index < -0.39 is 0 Å². The summed E-state index contributed by atoms with van der Waals surface area (Å²) >= 11 is 3.48. The lowest BCUT2D eigenvalue weighted by molar-refractivity contribution is -0.137. The van der Waals surface area contributed by atoms with Crippen LogP contribution in [0.5, 0.6) is 5.75 Å². The first-order valence-corrected chi connectivity index (χ1v) is 7.14. The van der Waals surface area contributed by atoms with E-state index in [1.807, 2.05) is 36.4 Å². The first-order valence-electron chi connectivity index (χ1n) is 6.35. The van der Waals surface area contributed by atoms with Gasteiger partial charge in [0.25, 0.3) is 0 Å². The van der Waals surface area contributed by atoms with Gasteiger partial charge in [-0.15, -0.1) is 0 Å². The number of hydrogen-bond donors (Lipinski definition) is 0. The molecule has 0 N–H and O–H groups in total. The molecule has 0 saturated carbocycles. The van der Waals surface area contributed by atoms with Crippen LogP contribution < -0.4 is 4.74 Å². The van der Waals surface area contributed by atoms with Crippen molar-refractivity contribution in [1.29, 1.82) is 0 Å². The Morgan fingerprint density at radius 1 is 1.25 bits per heavy atom. The standard InChI is InChI=1S/C16H15BrO3/c1-2-19-16(18)8-5-9-20-15-11-13-7-4-3-6-12(13)10-14(15)17/h3-8,10-11H,2,9H2,1H3/b8-5+. The van der Waals surface area contributed by atoms with Crippen molar-refractivity contribution in [2.75, 3.05) is 13.2 Å². The normalized spacial score (nSPS) is 10.9. The van der Waals surface area contributed by atoms with Crippen LogP contribution in [0.3, 0.4) is 0 Å². The first-order chi connectivity index (χ1) is 9.70. The predicted octanol–water partition coefficient (Wildman–Crippen LogP) is 4.10. The van der Waals surface area contributed by atoms with E-state index in [-0.39, 0.29) is 5.97 Å². The molecule has 0 aliphatic heterocycles. The zero-order chi connectivity index (χ0) is 14.4. The van der Waals surface area contributed by atoms with Crippen LogP contribution in [0, 0.1) is 0 Å². The van der Waals surface area contributed by atoms with Gasteiger partial charge in [0, 0.05) is 6.08 Å². The topological polar surface area (TPSA) is 35.5 Å². The van der Waals surface area contributed by atoms with Crippen molar-refractivity contribution in [2.45, 2.75) is 6.92 Å². The summed E-state index contributed by atoms with van der Waals surface area (Å²) in [6.45, 7) is 2.46. The van der Waals surface area contributed by atoms with Gasteiger partial charge in [-0.2, -0.15) is 0 Å². The summed E-state index contributed by atoms with van der Waals surface area (Å²) in [4.78, 5) is 11.1. The quantitative estimate of drug-likeness (QED) is 0.610. The van der Waals surface area contributed by atoms with Crippen molar-refractivity contribution in [3.63, 3.8) is 0 Å². The van der Waals surface area contributed by atoms with Crippen LogP contribution in [0.15, 0.2) is 53.0 Å². The Labute approximate surface area is 126 Å². The lowest BCUT2D eigenvalue weighted by Gasteiger charge is -2.07. The molecule has 0 fully saturated rings. The maximum absolute atomic E-state index is 11.1. The second kappa shape index (κ2) is 7.10. The second-order valence-corrected chi connectivity index (χ2v) is 4.95. The second-order valence-electron chi connectivity index (χ2n) is 4.10. The Morgan fingerprint density at radius 3 is 2.65 bits per heavy atom. The Morgan fingerprint density at radius 2 is 1.95 bits per heavy atom. The van der Waals surface area contributed by atoms with E-state index in [0.717, 1.165) is 21.0 Å². The minimum Gasteiger partial charge on any atom is -0.488 e. The minimum atomic E-state index is -0.353. The van der Waals surface area contributed by atoms with Crippen molar-refractivity contribution in [3.8, 4) is 5.75 Å². The highest BCUT2D eigenvalue weighted by molar-refractivity contribution is 9.10. The van der Waals surface area contributed by atoms with E-state index in [0.29, 0.717) is 13.2 Å². The smallest absolute Gasteiger partial charge is 0.330 e. The Hall–Kier alpha value is -1.81. The van der Waals surface area contributed by atoms with Crippen LogP contribution >= 0.6 is 15.9 Å². The van der Waals surface area contributed by atoms with Gasteiger partial charge < -0.3 is 9.47 Å². The van der Waals surface area contributed by atoms with Crippen LogP contribution in [-0.4, -0.2) is 19.2 Å². The van der Waals surface area contributed by atoms with E-state index in [9.17, 15) is 4.79 Å². The molecule has 0 aliphatic carbocycles. The highest BCUT2D eigenvalue weighted by atomic mass is 79.9. The summed E-state index contributed by atoms with van der Waals surface area (Å²) in [6.07, 6.45) is 3.01. The molecule has 0 heterocycles. The molecule has 0 radical (unpaired) electrons. The van der Waals surface area contributed by atoms with E-state index in [1.54, 1.807) is 13.0 Å². The molecule has 0 atom stereocenters. The lowest BCUT2D eigenvalue weighted by Crippen LogP contribution is -2.01. The maximum atomic E-state index is 11.1. The van der Waals surface area contributed by atoms with Gasteiger partial charge in [-0.1, -0.05) is 24.3 Å². The molecule has 20 heavy (non-hydrogen) atoms. The van der Waals surface area contributed by atoms with E-state index in [2.05, 4.69) is 15.9 Å². The Bertz CT molecular complexity index is 635. The molecule has 2 aromatic carbocycles. The fraction of sp³-hybridized carbons (Fsp3) is 0.188. The van der Waals surface area contributed by atoms with Crippen LogP contribution in [-0.2, 0) is 9.53 Å². The van der Waals surface area contributed by atoms with Crippen molar-refractivity contribution in [3.05, 3.63) is 53.0 Å². The average molecular weight is 335 g/mol. The molecule has 3 nitrogen and oxygen atoms in total. The van der Waals surface area contributed by atoms with Crippen LogP contribution in [0.25, 0.3) is 10.8 Å². The molecule has 2 aromatic rings. The zero-order valence-electron chi connectivity index (χ0n) is 11.1. The van der Waals surface area contributed by atoms with E-state index in [4.69, 9.17) is 9.47 Å². The number of halogens is 1. The van der Waals surface area contributed by atoms with Gasteiger partial charge in [-0.25, -0.2) is 4.79 Å². The molecule has 0 aliphatic rings. The van der Waals surface area contributed by atoms with Crippen LogP contribution in [0.2, 0.25) is 0 Å². The van der Waals surface area contributed by atoms with Gasteiger partial charge in [-0.05, 0) is 51.8 Å². The minimum absolute atomic E-state index is 0.315. The van der Waals surface area contributed by atoms with Crippen molar-refractivity contribution < 1.29 is 14.3 Å². The molecular weight excluding hydrogens is 320 g/mol. The van der Waals surface area contributed by atoms with Crippen LogP contribution in [0.1, 0.15) is 6.92 Å². The average Bonchev–Trinajstić information content (AvgIpc) is 2.44. The number of fused-ring (bicyclic) bond motifs is 1. The Balaban J connectivity index is 2.03. The molecular formula is C16H15BrO3. The fourth-order valence-electron chi connectivity index (χ4n) is 1.77. The molecule has 2 rings (SSSR count). The molecule has 104 valence electrons. The molecule has 0 saturated heterocycles. The van der Waals surface area contributed by atoms with Gasteiger partial charge in [0.1, 0.15) is 12.4 Å². The summed E-state index contributed by atoms with van der Waals surface area (Å²) in [6, 6.07) is 12.0. The summed E-state index contributed by atoms with van der Waals surface area (Å²) in [5, 5.41) is 2.26. The third-order valence-electron chi connectivity index (χ3n) is 2.68. The van der Waals surface area contributed by atoms with Crippen molar-refractivity contribution >= 4 is 32.7 Å². The zero-order valence-corrected chi connectivity index (χ0v) is 12.7. The SMILES string of the molecule is CCOC(=O)/C=C/COc1cc2ccccc2cc1Br. The monoisotopic (exact) mass is 334 g/mol. The van der Waals surface area contributed by atoms with E-state index >= 15 is 0 Å². The summed E-state index contributed by atoms with van der Waals surface area (Å²) in [5.74, 6) is 0.394. The fourth-order valence-corrected chi connectivity index (χ4v) is 2.25. The molecule has 0 aromatic heterocycles. The number of rotatable bonds is 5. The Kier molecular flexibility index (Phi) is 5.18. The molecule has 0 amide bonds. The third-order valence-corrected chi connectivity index (χ3v) is 3.30. The molecule has 0 spiro atoms. The van der Waals surface area contributed by atoms with E-state index in [1.165, 1.54) is 6.08 Å². The largest absolute Gasteiger partial charge is 0.488 e. The molecule has 0 unspecified atom stereocenters. The number of esters is 1. The molecule has 4 heteroatoms. The van der Waals surface area contributed by atoms with Gasteiger partial charge in [0.2, 0.25) is 0 Å². The first kappa shape index (κ1) is 14.6. The van der Waals surface area contributed by atoms with Gasteiger partial charge in [0.15, 0.2) is 0 Å². The summed E-state index contributed by atoms with van der Waals surface area (Å²) in [5.41, 5.74) is 0. The van der Waals surface area contributed by atoms with Crippen LogP contribution in [0.4, 0.5) is 0 Å². The number of benzene rings is 2. The lowest BCUT2D eigenvalue weighted by atomic mass is 10.1. The van der Waals surface area contributed by atoms with Gasteiger partial charge in [-0.3, -0.25) is 0 Å². The maximum Gasteiger partial charge on any atom is 0.330 e. The highest BCUT2D eigenvalue weighted by Crippen LogP contribution is 2.30. The number of hydrogen-bond acceptors (Lipinski definition) is 3. The van der Waals surface area contributed by atoms with Gasteiger partial charge >= 0.3 is 5.97 Å². The number of carbonyl (C=O) groups is 1. The van der Waals surface area contributed by atoms with Crippen molar-refractivity contribution in [1.82, 2.24) is 0 Å². The summed E-state index contributed by atoms with van der Waals surface area (Å²) < 4.78 is 11.3. The van der Waals surface area contributed by atoms with Crippen molar-refractivity contribution in [2.24, 2.45) is 0 Å².